The van der Waals surface area contributed by atoms with Crippen molar-refractivity contribution in [2.45, 2.75) is 6.54 Å². The number of aromatic amines is 2. The van der Waals surface area contributed by atoms with Gasteiger partial charge in [-0.25, -0.2) is 4.79 Å². The summed E-state index contributed by atoms with van der Waals surface area (Å²) in [7, 11) is 0. The molecule has 0 radical (unpaired) electrons. The molecule has 0 bridgehead atoms. The molecule has 0 spiro atoms. The fraction of sp³-hybridized carbons (Fsp3) is 0.429. The van der Waals surface area contributed by atoms with Gasteiger partial charge in [-0.1, -0.05) is 11.6 Å². The van der Waals surface area contributed by atoms with Crippen LogP contribution >= 0.6 is 11.6 Å². The fourth-order valence-corrected chi connectivity index (χ4v) is 1.12. The van der Waals surface area contributed by atoms with Crippen LogP contribution in [0.25, 0.3) is 0 Å². The van der Waals surface area contributed by atoms with Crippen molar-refractivity contribution in [1.29, 1.82) is 0 Å². The summed E-state index contributed by atoms with van der Waals surface area (Å²) < 4.78 is 0. The molecule has 0 aliphatic rings. The molecule has 6 nitrogen and oxygen atoms in total. The molecule has 0 saturated carbocycles. The summed E-state index contributed by atoms with van der Waals surface area (Å²) in [5, 5.41) is 2.91. The molecular weight excluding hydrogens is 208 g/mol. The summed E-state index contributed by atoms with van der Waals surface area (Å²) >= 11 is 5.66. The van der Waals surface area contributed by atoms with Gasteiger partial charge < -0.3 is 16.0 Å². The van der Waals surface area contributed by atoms with Crippen LogP contribution in [0.15, 0.2) is 9.59 Å². The molecule has 7 heteroatoms. The molecule has 1 aromatic heterocycles. The van der Waals surface area contributed by atoms with E-state index in [1.807, 2.05) is 4.98 Å². The van der Waals surface area contributed by atoms with Gasteiger partial charge in [0.2, 0.25) is 0 Å². The standard InChI is InChI=1S/C7H11ClN4O2/c8-5-4(3-10-2-1-9)11-7(14)12-6(5)13/h10H,1-3,9H2,(H2,11,12,13,14). The second-order valence-electron chi connectivity index (χ2n) is 2.67. The molecule has 0 aliphatic carbocycles. The van der Waals surface area contributed by atoms with Crippen LogP contribution < -0.4 is 22.3 Å². The highest BCUT2D eigenvalue weighted by Crippen LogP contribution is 2.03. The third-order valence-corrected chi connectivity index (χ3v) is 1.98. The molecule has 1 heterocycles. The molecule has 78 valence electrons. The number of hydrogen-bond acceptors (Lipinski definition) is 4. The molecule has 1 rings (SSSR count). The van der Waals surface area contributed by atoms with Crippen LogP contribution in [0.5, 0.6) is 0 Å². The molecule has 0 saturated heterocycles. The first-order chi connectivity index (χ1) is 6.65. The molecule has 0 aromatic carbocycles. The lowest BCUT2D eigenvalue weighted by Crippen LogP contribution is -2.29. The summed E-state index contributed by atoms with van der Waals surface area (Å²) in [5.74, 6) is 0. The normalized spacial score (nSPS) is 10.4. The van der Waals surface area contributed by atoms with E-state index in [1.54, 1.807) is 0 Å². The number of hydrogen-bond donors (Lipinski definition) is 4. The molecule has 0 fully saturated rings. The highest BCUT2D eigenvalue weighted by Gasteiger charge is 2.05. The van der Waals surface area contributed by atoms with Crippen LogP contribution in [-0.2, 0) is 6.54 Å². The van der Waals surface area contributed by atoms with Gasteiger partial charge in [-0.15, -0.1) is 0 Å². The number of halogens is 1. The van der Waals surface area contributed by atoms with Crippen LogP contribution in [0.2, 0.25) is 5.02 Å². The first kappa shape index (κ1) is 11.0. The third-order valence-electron chi connectivity index (χ3n) is 1.58. The predicted molar refractivity (Wildman–Crippen MR) is 53.5 cm³/mol. The number of H-pyrrole nitrogens is 2. The first-order valence-corrected chi connectivity index (χ1v) is 4.44. The zero-order chi connectivity index (χ0) is 10.6. The minimum atomic E-state index is -0.583. The average Bonchev–Trinajstić information content (AvgIpc) is 2.13. The van der Waals surface area contributed by atoms with Crippen molar-refractivity contribution in [2.75, 3.05) is 13.1 Å². The quantitative estimate of drug-likeness (QED) is 0.475. The zero-order valence-electron chi connectivity index (χ0n) is 7.39. The van der Waals surface area contributed by atoms with Crippen LogP contribution in [0, 0.1) is 0 Å². The van der Waals surface area contributed by atoms with E-state index in [4.69, 9.17) is 17.3 Å². The maximum atomic E-state index is 11.0. The van der Waals surface area contributed by atoms with E-state index in [0.29, 0.717) is 25.3 Å². The van der Waals surface area contributed by atoms with Gasteiger partial charge in [-0.2, -0.15) is 0 Å². The number of rotatable bonds is 4. The topological polar surface area (TPSA) is 104 Å². The lowest BCUT2D eigenvalue weighted by molar-refractivity contribution is 0.676. The Bertz CT molecular complexity index is 411. The van der Waals surface area contributed by atoms with Gasteiger partial charge in [0.25, 0.3) is 5.56 Å². The van der Waals surface area contributed by atoms with Crippen molar-refractivity contribution in [3.63, 3.8) is 0 Å². The van der Waals surface area contributed by atoms with Gasteiger partial charge in [0.15, 0.2) is 0 Å². The van der Waals surface area contributed by atoms with Crippen molar-refractivity contribution in [1.82, 2.24) is 15.3 Å². The Morgan fingerprint density at radius 3 is 2.71 bits per heavy atom. The third kappa shape index (κ3) is 2.69. The first-order valence-electron chi connectivity index (χ1n) is 4.07. The molecular formula is C7H11ClN4O2. The highest BCUT2D eigenvalue weighted by atomic mass is 35.5. The fourth-order valence-electron chi connectivity index (χ4n) is 0.955. The Hall–Kier alpha value is -1.11. The summed E-state index contributed by atoms with van der Waals surface area (Å²) in [6.07, 6.45) is 0. The average molecular weight is 219 g/mol. The summed E-state index contributed by atoms with van der Waals surface area (Å²) in [6, 6.07) is 0. The maximum Gasteiger partial charge on any atom is 0.326 e. The van der Waals surface area contributed by atoms with E-state index in [0.717, 1.165) is 0 Å². The number of nitrogens with one attached hydrogen (secondary N) is 3. The van der Waals surface area contributed by atoms with Crippen molar-refractivity contribution < 1.29 is 0 Å². The Labute approximate surface area is 84.5 Å². The number of aromatic nitrogens is 2. The lowest BCUT2D eigenvalue weighted by Gasteiger charge is -2.03. The van der Waals surface area contributed by atoms with Crippen molar-refractivity contribution in [2.24, 2.45) is 5.73 Å². The van der Waals surface area contributed by atoms with Crippen molar-refractivity contribution in [3.8, 4) is 0 Å². The second-order valence-corrected chi connectivity index (χ2v) is 3.04. The minimum absolute atomic E-state index is 0.00544. The van der Waals surface area contributed by atoms with E-state index < -0.39 is 11.2 Å². The SMILES string of the molecule is NCCNCc1[nH]c(=O)[nH]c(=O)c1Cl. The smallest absolute Gasteiger partial charge is 0.326 e. The van der Waals surface area contributed by atoms with E-state index in [9.17, 15) is 9.59 Å². The lowest BCUT2D eigenvalue weighted by atomic mass is 10.4. The minimum Gasteiger partial charge on any atom is -0.329 e. The molecule has 0 atom stereocenters. The van der Waals surface area contributed by atoms with Gasteiger partial charge in [0.05, 0.1) is 5.69 Å². The second kappa shape index (κ2) is 4.94. The van der Waals surface area contributed by atoms with Gasteiger partial charge in [0, 0.05) is 19.6 Å². The monoisotopic (exact) mass is 218 g/mol. The molecule has 0 unspecified atom stereocenters. The molecule has 14 heavy (non-hydrogen) atoms. The number of nitrogens with two attached hydrogens (primary N) is 1. The van der Waals surface area contributed by atoms with Crippen LogP contribution in [0.3, 0.4) is 0 Å². The van der Waals surface area contributed by atoms with Gasteiger partial charge in [-0.05, 0) is 0 Å². The Morgan fingerprint density at radius 1 is 1.36 bits per heavy atom. The van der Waals surface area contributed by atoms with E-state index in [1.165, 1.54) is 0 Å². The van der Waals surface area contributed by atoms with Crippen molar-refractivity contribution in [3.05, 3.63) is 31.6 Å². The van der Waals surface area contributed by atoms with E-state index >= 15 is 0 Å². The van der Waals surface area contributed by atoms with Crippen LogP contribution in [-0.4, -0.2) is 23.1 Å². The van der Waals surface area contributed by atoms with E-state index in [2.05, 4.69) is 10.3 Å². The molecule has 0 aliphatic heterocycles. The Kier molecular flexibility index (Phi) is 3.87. The van der Waals surface area contributed by atoms with Gasteiger partial charge in [0.1, 0.15) is 5.02 Å². The Morgan fingerprint density at radius 2 is 2.07 bits per heavy atom. The summed E-state index contributed by atoms with van der Waals surface area (Å²) in [5.41, 5.74) is 4.48. The summed E-state index contributed by atoms with van der Waals surface area (Å²) in [4.78, 5) is 26.4. The summed E-state index contributed by atoms with van der Waals surface area (Å²) in [6.45, 7) is 1.38. The van der Waals surface area contributed by atoms with E-state index in [-0.39, 0.29) is 5.02 Å². The molecule has 0 amide bonds. The van der Waals surface area contributed by atoms with Gasteiger partial charge in [-0.3, -0.25) is 9.78 Å². The molecule has 5 N–H and O–H groups in total. The zero-order valence-corrected chi connectivity index (χ0v) is 8.15. The highest BCUT2D eigenvalue weighted by molar-refractivity contribution is 6.30. The predicted octanol–water partition coefficient (Wildman–Crippen LogP) is -1.24. The molecule has 1 aromatic rings. The van der Waals surface area contributed by atoms with Gasteiger partial charge >= 0.3 is 5.69 Å². The largest absolute Gasteiger partial charge is 0.329 e. The Balaban J connectivity index is 2.86. The van der Waals surface area contributed by atoms with Crippen molar-refractivity contribution >= 4 is 11.6 Å². The maximum absolute atomic E-state index is 11.0. The van der Waals surface area contributed by atoms with Crippen LogP contribution in [0.1, 0.15) is 5.69 Å². The van der Waals surface area contributed by atoms with Crippen LogP contribution in [0.4, 0.5) is 0 Å².